The fraction of sp³-hybridized carbons (Fsp3) is 0.0455. The number of hydrazone groups is 1. The van der Waals surface area contributed by atoms with Gasteiger partial charge in [-0.25, -0.2) is 5.43 Å². The highest BCUT2D eigenvalue weighted by Gasteiger charge is 2.04. The van der Waals surface area contributed by atoms with Crippen molar-refractivity contribution in [3.05, 3.63) is 101 Å². The van der Waals surface area contributed by atoms with Crippen molar-refractivity contribution in [2.75, 3.05) is 0 Å². The van der Waals surface area contributed by atoms with Crippen LogP contribution >= 0.6 is 0 Å². The summed E-state index contributed by atoms with van der Waals surface area (Å²) in [5, 5.41) is 14.6. The average molecular weight is 373 g/mol. The van der Waals surface area contributed by atoms with Crippen molar-refractivity contribution < 1.29 is 19.4 Å². The summed E-state index contributed by atoms with van der Waals surface area (Å²) in [4.78, 5) is 22.8. The van der Waals surface area contributed by atoms with E-state index in [-0.39, 0.29) is 11.5 Å². The second-order valence-electron chi connectivity index (χ2n) is 5.91. The Bertz CT molecular complexity index is 966. The number of aromatic carboxylic acids is 1. The molecule has 0 bridgehead atoms. The first kappa shape index (κ1) is 18.8. The Morgan fingerprint density at radius 1 is 0.893 bits per heavy atom. The largest absolute Gasteiger partial charge is 0.545 e. The summed E-state index contributed by atoms with van der Waals surface area (Å²) in [6.45, 7) is 0.409. The normalized spacial score (nSPS) is 10.6. The van der Waals surface area contributed by atoms with Crippen LogP contribution < -0.4 is 15.3 Å². The third-order valence-corrected chi connectivity index (χ3v) is 3.89. The molecule has 0 atom stereocenters. The summed E-state index contributed by atoms with van der Waals surface area (Å²) in [5.41, 5.74) is 4.57. The van der Waals surface area contributed by atoms with E-state index in [0.29, 0.717) is 17.7 Å². The molecule has 3 rings (SSSR count). The molecule has 0 fully saturated rings. The summed E-state index contributed by atoms with van der Waals surface area (Å²) in [6.07, 6.45) is 1.43. The zero-order valence-corrected chi connectivity index (χ0v) is 14.9. The first-order valence-corrected chi connectivity index (χ1v) is 8.53. The van der Waals surface area contributed by atoms with Gasteiger partial charge < -0.3 is 14.6 Å². The molecule has 0 spiro atoms. The van der Waals surface area contributed by atoms with E-state index in [1.165, 1.54) is 18.3 Å². The smallest absolute Gasteiger partial charge is 0.271 e. The van der Waals surface area contributed by atoms with Crippen LogP contribution in [0.5, 0.6) is 5.75 Å². The van der Waals surface area contributed by atoms with Crippen molar-refractivity contribution in [2.45, 2.75) is 6.61 Å². The van der Waals surface area contributed by atoms with Gasteiger partial charge in [0.2, 0.25) is 0 Å². The van der Waals surface area contributed by atoms with E-state index < -0.39 is 5.97 Å². The molecule has 0 unspecified atom stereocenters. The van der Waals surface area contributed by atoms with Gasteiger partial charge in [-0.2, -0.15) is 5.10 Å². The van der Waals surface area contributed by atoms with Gasteiger partial charge in [0.25, 0.3) is 5.91 Å². The van der Waals surface area contributed by atoms with Crippen LogP contribution in [0.15, 0.2) is 84.0 Å². The molecule has 3 aromatic rings. The number of ether oxygens (including phenoxy) is 1. The van der Waals surface area contributed by atoms with Gasteiger partial charge in [-0.05, 0) is 41.0 Å². The molecular formula is C22H17N2O4-. The van der Waals surface area contributed by atoms with Gasteiger partial charge in [0.15, 0.2) is 0 Å². The molecule has 140 valence electrons. The summed E-state index contributed by atoms with van der Waals surface area (Å²) in [7, 11) is 0. The maximum atomic E-state index is 12.1. The molecule has 6 nitrogen and oxygen atoms in total. The summed E-state index contributed by atoms with van der Waals surface area (Å²) in [6, 6.07) is 22.5. The highest BCUT2D eigenvalue weighted by atomic mass is 16.5. The third-order valence-electron chi connectivity index (χ3n) is 3.89. The van der Waals surface area contributed by atoms with Gasteiger partial charge in [0.1, 0.15) is 12.4 Å². The van der Waals surface area contributed by atoms with Crippen LogP contribution in [0.2, 0.25) is 0 Å². The number of nitrogens with zero attached hydrogens (tertiary/aromatic N) is 1. The number of amides is 1. The van der Waals surface area contributed by atoms with Crippen LogP contribution in [0.3, 0.4) is 0 Å². The molecule has 0 heterocycles. The molecule has 0 aliphatic carbocycles. The number of hydrogen-bond acceptors (Lipinski definition) is 5. The van der Waals surface area contributed by atoms with E-state index in [0.717, 1.165) is 11.3 Å². The fourth-order valence-corrected chi connectivity index (χ4v) is 2.37. The number of rotatable bonds is 7. The molecule has 6 heteroatoms. The number of carboxylic acids is 1. The third kappa shape index (κ3) is 5.28. The number of hydrogen-bond donors (Lipinski definition) is 1. The lowest BCUT2D eigenvalue weighted by Crippen LogP contribution is -2.22. The Morgan fingerprint density at radius 3 is 2.18 bits per heavy atom. The summed E-state index contributed by atoms with van der Waals surface area (Å²) < 4.78 is 5.66. The van der Waals surface area contributed by atoms with Crippen molar-refractivity contribution in [1.82, 2.24) is 5.43 Å². The molecule has 3 aromatic carbocycles. The van der Waals surface area contributed by atoms with Crippen molar-refractivity contribution in [1.29, 1.82) is 0 Å². The number of para-hydroxylation sites is 1. The zero-order chi connectivity index (χ0) is 19.8. The molecule has 28 heavy (non-hydrogen) atoms. The lowest BCUT2D eigenvalue weighted by atomic mass is 10.1. The van der Waals surface area contributed by atoms with Crippen molar-refractivity contribution in [3.63, 3.8) is 0 Å². The van der Waals surface area contributed by atoms with E-state index in [4.69, 9.17) is 4.74 Å². The van der Waals surface area contributed by atoms with Crippen LogP contribution in [0.4, 0.5) is 0 Å². The SMILES string of the molecule is O=C([O-])c1ccc(/C=N\NC(=O)c2ccc(COc3ccccc3)cc2)cc1. The van der Waals surface area contributed by atoms with Crippen LogP contribution in [0.1, 0.15) is 31.8 Å². The average Bonchev–Trinajstić information content (AvgIpc) is 2.73. The standard InChI is InChI=1S/C22H18N2O4/c25-21(24-23-14-16-6-12-19(13-7-16)22(26)27)18-10-8-17(9-11-18)15-28-20-4-2-1-3-5-20/h1-14H,15H2,(H,24,25)(H,26,27)/p-1/b23-14-. The lowest BCUT2D eigenvalue weighted by Gasteiger charge is -2.06. The van der Waals surface area contributed by atoms with Gasteiger partial charge in [0.05, 0.1) is 12.2 Å². The quantitative estimate of drug-likeness (QED) is 0.509. The number of carboxylic acid groups (broad SMARTS) is 1. The van der Waals surface area contributed by atoms with E-state index in [2.05, 4.69) is 10.5 Å². The number of nitrogens with one attached hydrogen (secondary N) is 1. The predicted octanol–water partition coefficient (Wildman–Crippen LogP) is 2.39. The van der Waals surface area contributed by atoms with Crippen LogP contribution in [-0.4, -0.2) is 18.1 Å². The molecule has 0 saturated carbocycles. The number of carbonyl (C=O) groups is 2. The Labute approximate surface area is 162 Å². The second-order valence-corrected chi connectivity index (χ2v) is 5.91. The zero-order valence-electron chi connectivity index (χ0n) is 14.9. The van der Waals surface area contributed by atoms with E-state index in [1.54, 1.807) is 24.3 Å². The Morgan fingerprint density at radius 2 is 1.54 bits per heavy atom. The highest BCUT2D eigenvalue weighted by Crippen LogP contribution is 2.12. The van der Waals surface area contributed by atoms with Crippen molar-refractivity contribution in [2.24, 2.45) is 5.10 Å². The van der Waals surface area contributed by atoms with E-state index in [9.17, 15) is 14.7 Å². The number of benzene rings is 3. The van der Waals surface area contributed by atoms with Gasteiger partial charge in [-0.3, -0.25) is 4.79 Å². The predicted molar refractivity (Wildman–Crippen MR) is 103 cm³/mol. The lowest BCUT2D eigenvalue weighted by molar-refractivity contribution is -0.255. The monoisotopic (exact) mass is 373 g/mol. The first-order chi connectivity index (χ1) is 13.6. The Hall–Kier alpha value is -3.93. The second kappa shape index (κ2) is 9.14. The first-order valence-electron chi connectivity index (χ1n) is 8.53. The van der Waals surface area contributed by atoms with E-state index >= 15 is 0 Å². The van der Waals surface area contributed by atoms with E-state index in [1.807, 2.05) is 42.5 Å². The van der Waals surface area contributed by atoms with Crippen LogP contribution in [0, 0.1) is 0 Å². The van der Waals surface area contributed by atoms with Gasteiger partial charge in [-0.15, -0.1) is 0 Å². The molecule has 1 N–H and O–H groups in total. The molecule has 0 aromatic heterocycles. The minimum Gasteiger partial charge on any atom is -0.545 e. The van der Waals surface area contributed by atoms with Gasteiger partial charge in [-0.1, -0.05) is 54.6 Å². The molecule has 0 aliphatic rings. The fourth-order valence-electron chi connectivity index (χ4n) is 2.37. The van der Waals surface area contributed by atoms with Crippen molar-refractivity contribution in [3.8, 4) is 5.75 Å². The van der Waals surface area contributed by atoms with Gasteiger partial charge >= 0.3 is 0 Å². The maximum Gasteiger partial charge on any atom is 0.271 e. The minimum atomic E-state index is -1.24. The maximum absolute atomic E-state index is 12.1. The Kier molecular flexibility index (Phi) is 6.15. The molecule has 0 saturated heterocycles. The molecule has 0 aliphatic heterocycles. The topological polar surface area (TPSA) is 90.8 Å². The summed E-state index contributed by atoms with van der Waals surface area (Å²) in [5.74, 6) is -0.807. The van der Waals surface area contributed by atoms with Crippen LogP contribution in [0.25, 0.3) is 0 Å². The Balaban J connectivity index is 1.52. The highest BCUT2D eigenvalue weighted by molar-refractivity contribution is 5.95. The van der Waals surface area contributed by atoms with Crippen LogP contribution in [-0.2, 0) is 6.61 Å². The minimum absolute atomic E-state index is 0.0810. The summed E-state index contributed by atoms with van der Waals surface area (Å²) >= 11 is 0. The van der Waals surface area contributed by atoms with Gasteiger partial charge in [0, 0.05) is 5.56 Å². The van der Waals surface area contributed by atoms with Crippen molar-refractivity contribution >= 4 is 18.1 Å². The molecule has 0 radical (unpaired) electrons. The number of carbonyl (C=O) groups excluding carboxylic acids is 2. The molecular weight excluding hydrogens is 356 g/mol. The molecule has 1 amide bonds.